The van der Waals surface area contributed by atoms with Gasteiger partial charge in [0.15, 0.2) is 0 Å². The quantitative estimate of drug-likeness (QED) is 0.798. The fourth-order valence-corrected chi connectivity index (χ4v) is 5.86. The summed E-state index contributed by atoms with van der Waals surface area (Å²) in [5.74, 6) is 0.848. The summed E-state index contributed by atoms with van der Waals surface area (Å²) >= 11 is 1.69. The van der Waals surface area contributed by atoms with Gasteiger partial charge in [0.25, 0.3) is 10.2 Å². The van der Waals surface area contributed by atoms with E-state index in [9.17, 15) is 8.42 Å². The molecule has 5 nitrogen and oxygen atoms in total. The number of benzene rings is 1. The van der Waals surface area contributed by atoms with Crippen LogP contribution in [0.5, 0.6) is 0 Å². The molecule has 1 fully saturated rings. The lowest BCUT2D eigenvalue weighted by atomic mass is 9.94. The molecule has 0 spiro atoms. The normalized spacial score (nSPS) is 22.9. The van der Waals surface area contributed by atoms with Gasteiger partial charge in [-0.05, 0) is 36.8 Å². The van der Waals surface area contributed by atoms with Crippen LogP contribution in [0, 0.1) is 11.8 Å². The largest absolute Gasteiger partial charge is 0.279 e. The summed E-state index contributed by atoms with van der Waals surface area (Å²) in [5, 5.41) is 1.07. The first-order valence-electron chi connectivity index (χ1n) is 8.53. The molecule has 0 amide bonds. The molecule has 1 N–H and O–H groups in total. The second-order valence-corrected chi connectivity index (χ2v) is 9.71. The Labute approximate surface area is 148 Å². The standard InChI is InChI=1S/C17H25N3O2S2/c1-13-10-14(2)12-20(11-13)24(21,22)18-9-5-8-17-19-15-6-3-4-7-16(15)23-17/h3-4,6-7,13-14,18H,5,8-12H2,1-2H3. The van der Waals surface area contributed by atoms with Gasteiger partial charge in [-0.3, -0.25) is 0 Å². The van der Waals surface area contributed by atoms with Gasteiger partial charge in [-0.2, -0.15) is 12.7 Å². The number of thiazole rings is 1. The maximum atomic E-state index is 12.4. The van der Waals surface area contributed by atoms with E-state index in [4.69, 9.17) is 0 Å². The Balaban J connectivity index is 1.50. The van der Waals surface area contributed by atoms with Crippen LogP contribution < -0.4 is 4.72 Å². The summed E-state index contributed by atoms with van der Waals surface area (Å²) in [6, 6.07) is 8.08. The molecule has 2 atom stereocenters. The number of nitrogens with one attached hydrogen (secondary N) is 1. The van der Waals surface area contributed by atoms with Crippen molar-refractivity contribution in [2.45, 2.75) is 33.1 Å². The highest BCUT2D eigenvalue weighted by Crippen LogP contribution is 2.23. The molecule has 2 aromatic rings. The zero-order chi connectivity index (χ0) is 17.2. The average Bonchev–Trinajstić information content (AvgIpc) is 2.93. The highest BCUT2D eigenvalue weighted by Gasteiger charge is 2.29. The molecule has 24 heavy (non-hydrogen) atoms. The van der Waals surface area contributed by atoms with E-state index in [0.717, 1.165) is 29.8 Å². The number of hydrogen-bond acceptors (Lipinski definition) is 4. The lowest BCUT2D eigenvalue weighted by Crippen LogP contribution is -2.48. The fourth-order valence-electron chi connectivity index (χ4n) is 3.36. The maximum absolute atomic E-state index is 12.4. The molecule has 0 aliphatic carbocycles. The summed E-state index contributed by atoms with van der Waals surface area (Å²) in [5.41, 5.74) is 1.02. The Kier molecular flexibility index (Phi) is 5.54. The van der Waals surface area contributed by atoms with Crippen molar-refractivity contribution >= 4 is 31.8 Å². The molecular formula is C17H25N3O2S2. The van der Waals surface area contributed by atoms with Gasteiger partial charge < -0.3 is 0 Å². The van der Waals surface area contributed by atoms with Gasteiger partial charge in [-0.15, -0.1) is 11.3 Å². The van der Waals surface area contributed by atoms with Crippen molar-refractivity contribution in [1.82, 2.24) is 14.0 Å². The van der Waals surface area contributed by atoms with Crippen molar-refractivity contribution in [3.8, 4) is 0 Å². The molecular weight excluding hydrogens is 342 g/mol. The van der Waals surface area contributed by atoms with Crippen molar-refractivity contribution in [3.05, 3.63) is 29.3 Å². The molecule has 0 saturated carbocycles. The third kappa shape index (κ3) is 4.33. The minimum atomic E-state index is -3.36. The number of rotatable bonds is 6. The number of nitrogens with zero attached hydrogens (tertiary/aromatic N) is 2. The Hall–Kier alpha value is -1.02. The summed E-state index contributed by atoms with van der Waals surface area (Å²) in [6.45, 7) is 5.93. The maximum Gasteiger partial charge on any atom is 0.279 e. The number of fused-ring (bicyclic) bond motifs is 1. The first-order chi connectivity index (χ1) is 11.4. The predicted molar refractivity (Wildman–Crippen MR) is 99.4 cm³/mol. The molecule has 2 unspecified atom stereocenters. The summed E-state index contributed by atoms with van der Waals surface area (Å²) in [4.78, 5) is 4.59. The number of para-hydroxylation sites is 1. The van der Waals surface area contributed by atoms with E-state index in [-0.39, 0.29) is 0 Å². The average molecular weight is 368 g/mol. The van der Waals surface area contributed by atoms with Crippen molar-refractivity contribution in [2.75, 3.05) is 19.6 Å². The molecule has 1 aliphatic rings. The van der Waals surface area contributed by atoms with Crippen LogP contribution in [-0.2, 0) is 16.6 Å². The number of hydrogen-bond donors (Lipinski definition) is 1. The predicted octanol–water partition coefficient (Wildman–Crippen LogP) is 3.04. The topological polar surface area (TPSA) is 62.3 Å². The van der Waals surface area contributed by atoms with E-state index in [0.29, 0.717) is 31.5 Å². The van der Waals surface area contributed by atoms with Gasteiger partial charge in [0.05, 0.1) is 15.2 Å². The number of aromatic nitrogens is 1. The van der Waals surface area contributed by atoms with E-state index in [1.807, 2.05) is 18.2 Å². The molecule has 7 heteroatoms. The van der Waals surface area contributed by atoms with Gasteiger partial charge in [0.1, 0.15) is 0 Å². The molecule has 1 saturated heterocycles. The molecule has 132 valence electrons. The van der Waals surface area contributed by atoms with Gasteiger partial charge in [0.2, 0.25) is 0 Å². The molecule has 0 radical (unpaired) electrons. The number of aryl methyl sites for hydroxylation is 1. The molecule has 1 aliphatic heterocycles. The molecule has 0 bridgehead atoms. The van der Waals surface area contributed by atoms with Gasteiger partial charge in [-0.25, -0.2) is 9.71 Å². The smallest absolute Gasteiger partial charge is 0.241 e. The Morgan fingerprint density at radius 3 is 2.67 bits per heavy atom. The lowest BCUT2D eigenvalue weighted by molar-refractivity contribution is 0.220. The van der Waals surface area contributed by atoms with Crippen LogP contribution in [-0.4, -0.2) is 37.3 Å². The minimum Gasteiger partial charge on any atom is -0.241 e. The zero-order valence-corrected chi connectivity index (χ0v) is 15.9. The summed E-state index contributed by atoms with van der Waals surface area (Å²) in [7, 11) is -3.36. The highest BCUT2D eigenvalue weighted by atomic mass is 32.2. The Morgan fingerprint density at radius 2 is 1.96 bits per heavy atom. The van der Waals surface area contributed by atoms with Crippen molar-refractivity contribution < 1.29 is 8.42 Å². The number of piperidine rings is 1. The first kappa shape index (κ1) is 17.8. The highest BCUT2D eigenvalue weighted by molar-refractivity contribution is 7.87. The van der Waals surface area contributed by atoms with Crippen LogP contribution in [0.15, 0.2) is 24.3 Å². The van der Waals surface area contributed by atoms with Crippen molar-refractivity contribution in [1.29, 1.82) is 0 Å². The minimum absolute atomic E-state index is 0.424. The SMILES string of the molecule is CC1CC(C)CN(S(=O)(=O)NCCCc2nc3ccccc3s2)C1. The van der Waals surface area contributed by atoms with Gasteiger partial charge in [-0.1, -0.05) is 26.0 Å². The van der Waals surface area contributed by atoms with Gasteiger partial charge in [0, 0.05) is 26.1 Å². The molecule has 1 aromatic heterocycles. The lowest BCUT2D eigenvalue weighted by Gasteiger charge is -2.33. The van der Waals surface area contributed by atoms with E-state index in [1.165, 1.54) is 4.70 Å². The second kappa shape index (κ2) is 7.47. The van der Waals surface area contributed by atoms with Gasteiger partial charge >= 0.3 is 0 Å². The fraction of sp³-hybridized carbons (Fsp3) is 0.588. The van der Waals surface area contributed by atoms with Crippen molar-refractivity contribution in [2.24, 2.45) is 11.8 Å². The molecule has 3 rings (SSSR count). The van der Waals surface area contributed by atoms with E-state index < -0.39 is 10.2 Å². The van der Waals surface area contributed by atoms with Crippen LogP contribution in [0.1, 0.15) is 31.7 Å². The van der Waals surface area contributed by atoms with Crippen LogP contribution in [0.3, 0.4) is 0 Å². The third-order valence-electron chi connectivity index (χ3n) is 4.37. The van der Waals surface area contributed by atoms with Crippen LogP contribution in [0.2, 0.25) is 0 Å². The van der Waals surface area contributed by atoms with Crippen LogP contribution in [0.25, 0.3) is 10.2 Å². The molecule has 1 aromatic carbocycles. The van der Waals surface area contributed by atoms with E-state index in [1.54, 1.807) is 15.6 Å². The zero-order valence-electron chi connectivity index (χ0n) is 14.2. The third-order valence-corrected chi connectivity index (χ3v) is 7.01. The monoisotopic (exact) mass is 367 g/mol. The second-order valence-electron chi connectivity index (χ2n) is 6.84. The van der Waals surface area contributed by atoms with E-state index >= 15 is 0 Å². The summed E-state index contributed by atoms with van der Waals surface area (Å²) in [6.07, 6.45) is 2.66. The van der Waals surface area contributed by atoms with Crippen molar-refractivity contribution in [3.63, 3.8) is 0 Å². The Bertz CT molecular complexity index is 745. The summed E-state index contributed by atoms with van der Waals surface area (Å²) < 4.78 is 30.4. The van der Waals surface area contributed by atoms with E-state index in [2.05, 4.69) is 29.6 Å². The van der Waals surface area contributed by atoms with Crippen LogP contribution in [0.4, 0.5) is 0 Å². The van der Waals surface area contributed by atoms with Crippen LogP contribution >= 0.6 is 11.3 Å². The first-order valence-corrected chi connectivity index (χ1v) is 10.8. The molecule has 2 heterocycles. The Morgan fingerprint density at radius 1 is 1.25 bits per heavy atom.